The second-order valence-electron chi connectivity index (χ2n) is 5.69. The van der Waals surface area contributed by atoms with Crippen molar-refractivity contribution in [2.75, 3.05) is 5.73 Å². The van der Waals surface area contributed by atoms with Crippen LogP contribution in [-0.4, -0.2) is 9.97 Å². The molecule has 0 bridgehead atoms. The Kier molecular flexibility index (Phi) is 5.79. The van der Waals surface area contributed by atoms with Crippen LogP contribution in [0.5, 0.6) is 0 Å². The zero-order valence-corrected chi connectivity index (χ0v) is 14.7. The van der Waals surface area contributed by atoms with Crippen molar-refractivity contribution in [3.8, 4) is 23.7 Å². The van der Waals surface area contributed by atoms with E-state index in [2.05, 4.69) is 21.8 Å². The molecular weight excluding hydrogens is 434 g/mol. The molecule has 0 atom stereocenters. The van der Waals surface area contributed by atoms with Gasteiger partial charge in [-0.25, -0.2) is 27.5 Å². The van der Waals surface area contributed by atoms with Crippen molar-refractivity contribution in [1.82, 2.24) is 9.97 Å². The number of hydrogen-bond donors (Lipinski definition) is 1. The van der Waals surface area contributed by atoms with Crippen molar-refractivity contribution in [3.05, 3.63) is 87.5 Å². The van der Waals surface area contributed by atoms with E-state index in [0.29, 0.717) is 0 Å². The zero-order valence-electron chi connectivity index (χ0n) is 14.7. The number of nitrogens with two attached hydrogens (primary N) is 1. The highest BCUT2D eigenvalue weighted by molar-refractivity contribution is 5.59. The van der Waals surface area contributed by atoms with Gasteiger partial charge in [-0.1, -0.05) is 11.8 Å². The number of pyridine rings is 2. The number of nitrogen functional groups attached to an aromatic ring is 1. The van der Waals surface area contributed by atoms with Crippen LogP contribution in [0.2, 0.25) is 0 Å². The van der Waals surface area contributed by atoms with Crippen LogP contribution in [-0.2, 0) is 0 Å². The summed E-state index contributed by atoms with van der Waals surface area (Å²) in [5.41, 5.74) is 3.44. The van der Waals surface area contributed by atoms with Gasteiger partial charge in [0, 0.05) is 16.8 Å². The van der Waals surface area contributed by atoms with Crippen molar-refractivity contribution >= 4 is 5.69 Å². The molecule has 0 aliphatic carbocycles. The summed E-state index contributed by atoms with van der Waals surface area (Å²) in [6.07, 6.45) is 0. The molecule has 156 valence electrons. The van der Waals surface area contributed by atoms with Crippen LogP contribution >= 0.6 is 0 Å². The number of halogens is 8. The number of nitrogens with zero attached hydrogens (tertiary/aromatic N) is 2. The minimum absolute atomic E-state index is 0.0588. The third-order valence-corrected chi connectivity index (χ3v) is 3.64. The third kappa shape index (κ3) is 4.26. The van der Waals surface area contributed by atoms with Gasteiger partial charge in [-0.15, -0.1) is 0 Å². The Morgan fingerprint density at radius 1 is 0.548 bits per heavy atom. The lowest BCUT2D eigenvalue weighted by Gasteiger charge is -2.01. The Morgan fingerprint density at radius 3 is 1.48 bits per heavy atom. The van der Waals surface area contributed by atoms with Gasteiger partial charge < -0.3 is 5.73 Å². The summed E-state index contributed by atoms with van der Waals surface area (Å²) in [7, 11) is 0. The van der Waals surface area contributed by atoms with Crippen LogP contribution in [0.1, 0.15) is 22.5 Å². The highest BCUT2D eigenvalue weighted by Gasteiger charge is 2.20. The SMILES string of the molecule is Nc1ccc(C#Cc2nc(F)c(F)c(F)c2F)c(C#Cc2nc(F)c(F)c(F)c2F)c1. The van der Waals surface area contributed by atoms with Crippen molar-refractivity contribution in [2.24, 2.45) is 0 Å². The summed E-state index contributed by atoms with van der Waals surface area (Å²) >= 11 is 0. The summed E-state index contributed by atoms with van der Waals surface area (Å²) < 4.78 is 106. The van der Waals surface area contributed by atoms with Crippen molar-refractivity contribution in [1.29, 1.82) is 0 Å². The fourth-order valence-corrected chi connectivity index (χ4v) is 2.17. The molecule has 0 radical (unpaired) electrons. The monoisotopic (exact) mass is 439 g/mol. The molecule has 11 heteroatoms. The molecule has 3 aromatic rings. The maximum Gasteiger partial charge on any atom is 0.253 e. The lowest BCUT2D eigenvalue weighted by atomic mass is 10.1. The molecule has 2 aromatic heterocycles. The zero-order chi connectivity index (χ0) is 22.9. The quantitative estimate of drug-likeness (QED) is 0.250. The van der Waals surface area contributed by atoms with E-state index < -0.39 is 58.2 Å². The first-order valence-corrected chi connectivity index (χ1v) is 7.93. The van der Waals surface area contributed by atoms with Crippen LogP contribution in [0.4, 0.5) is 40.8 Å². The molecule has 1 aromatic carbocycles. The smallest absolute Gasteiger partial charge is 0.253 e. The van der Waals surface area contributed by atoms with Gasteiger partial charge in [-0.05, 0) is 30.0 Å². The second-order valence-corrected chi connectivity index (χ2v) is 5.69. The molecule has 2 N–H and O–H groups in total. The van der Waals surface area contributed by atoms with Gasteiger partial charge in [0.15, 0.2) is 23.0 Å². The number of anilines is 1. The van der Waals surface area contributed by atoms with E-state index in [1.54, 1.807) is 0 Å². The maximum absolute atomic E-state index is 13.7. The first-order chi connectivity index (χ1) is 14.6. The molecule has 3 rings (SSSR count). The van der Waals surface area contributed by atoms with Gasteiger partial charge in [0.05, 0.1) is 0 Å². The van der Waals surface area contributed by atoms with E-state index in [9.17, 15) is 35.1 Å². The van der Waals surface area contributed by atoms with E-state index >= 15 is 0 Å². The van der Waals surface area contributed by atoms with E-state index in [4.69, 9.17) is 5.73 Å². The molecule has 0 fully saturated rings. The maximum atomic E-state index is 13.7. The van der Waals surface area contributed by atoms with Gasteiger partial charge in [0.25, 0.3) is 11.9 Å². The Balaban J connectivity index is 2.09. The number of rotatable bonds is 0. The lowest BCUT2D eigenvalue weighted by Crippen LogP contribution is -2.03. The van der Waals surface area contributed by atoms with Gasteiger partial charge in [-0.3, -0.25) is 0 Å². The molecule has 0 aliphatic rings. The molecule has 0 unspecified atom stereocenters. The molecule has 0 saturated heterocycles. The summed E-state index contributed by atoms with van der Waals surface area (Å²) in [5.74, 6) is -7.50. The molecule has 0 saturated carbocycles. The molecule has 0 spiro atoms. The third-order valence-electron chi connectivity index (χ3n) is 3.64. The first kappa shape index (κ1) is 21.6. The fourth-order valence-electron chi connectivity index (χ4n) is 2.17. The summed E-state index contributed by atoms with van der Waals surface area (Å²) in [6.45, 7) is 0. The van der Waals surface area contributed by atoms with Crippen LogP contribution in [0.25, 0.3) is 0 Å². The van der Waals surface area contributed by atoms with Crippen LogP contribution in [0.15, 0.2) is 18.2 Å². The Morgan fingerprint density at radius 2 is 1.00 bits per heavy atom. The highest BCUT2D eigenvalue weighted by Crippen LogP contribution is 2.17. The average Bonchev–Trinajstić information content (AvgIpc) is 2.74. The van der Waals surface area contributed by atoms with E-state index in [-0.39, 0.29) is 16.8 Å². The van der Waals surface area contributed by atoms with Crippen molar-refractivity contribution in [2.45, 2.75) is 0 Å². The average molecular weight is 439 g/mol. The minimum atomic E-state index is -2.12. The van der Waals surface area contributed by atoms with Crippen LogP contribution < -0.4 is 5.73 Å². The molecular formula is C20H5F8N3. The molecule has 0 aliphatic heterocycles. The summed E-state index contributed by atoms with van der Waals surface area (Å²) in [4.78, 5) is 5.72. The van der Waals surface area contributed by atoms with Gasteiger partial charge in [-0.2, -0.15) is 17.6 Å². The Labute approximate surface area is 168 Å². The minimum Gasteiger partial charge on any atom is -0.399 e. The predicted molar refractivity (Wildman–Crippen MR) is 91.0 cm³/mol. The normalized spacial score (nSPS) is 10.2. The lowest BCUT2D eigenvalue weighted by molar-refractivity contribution is 0.389. The highest BCUT2D eigenvalue weighted by atomic mass is 19.2. The van der Waals surface area contributed by atoms with Crippen molar-refractivity contribution in [3.63, 3.8) is 0 Å². The van der Waals surface area contributed by atoms with E-state index in [0.717, 1.165) is 0 Å². The number of hydrogen-bond acceptors (Lipinski definition) is 3. The van der Waals surface area contributed by atoms with E-state index in [1.165, 1.54) is 18.2 Å². The molecule has 2 heterocycles. The fraction of sp³-hybridized carbons (Fsp3) is 0. The largest absolute Gasteiger partial charge is 0.399 e. The second kappa shape index (κ2) is 8.32. The number of benzene rings is 1. The summed E-state index contributed by atoms with van der Waals surface area (Å²) in [6, 6.07) is 3.72. The molecule has 3 nitrogen and oxygen atoms in total. The van der Waals surface area contributed by atoms with Gasteiger partial charge in [0.1, 0.15) is 0 Å². The van der Waals surface area contributed by atoms with Crippen LogP contribution in [0.3, 0.4) is 0 Å². The molecule has 0 amide bonds. The van der Waals surface area contributed by atoms with Gasteiger partial charge in [0.2, 0.25) is 23.3 Å². The summed E-state index contributed by atoms with van der Waals surface area (Å²) in [5, 5.41) is 0. The van der Waals surface area contributed by atoms with Crippen molar-refractivity contribution < 1.29 is 35.1 Å². The Hall–Kier alpha value is -4.12. The Bertz CT molecular complexity index is 1350. The molecule has 31 heavy (non-hydrogen) atoms. The number of aromatic nitrogens is 2. The van der Waals surface area contributed by atoms with Crippen LogP contribution in [0, 0.1) is 70.5 Å². The van der Waals surface area contributed by atoms with Gasteiger partial charge >= 0.3 is 0 Å². The standard InChI is InChI=1S/C20H5F8N3/c21-13-11(30-19(27)17(25)15(13)23)5-2-8-1-4-10(29)7-9(8)3-6-12-14(22)16(24)18(26)20(28)31-12/h1,4,7H,29H2. The first-order valence-electron chi connectivity index (χ1n) is 7.93. The predicted octanol–water partition coefficient (Wildman–Crippen LogP) is 3.97. The van der Waals surface area contributed by atoms with E-state index in [1.807, 2.05) is 11.8 Å². The topological polar surface area (TPSA) is 51.8 Å².